The number of rotatable bonds is 15. The quantitative estimate of drug-likeness (QED) is 0.188. The summed E-state index contributed by atoms with van der Waals surface area (Å²) < 4.78 is 5.27. The minimum atomic E-state index is -1.37. The number of benzene rings is 2. The van der Waals surface area contributed by atoms with E-state index in [4.69, 9.17) is 4.74 Å². The summed E-state index contributed by atoms with van der Waals surface area (Å²) in [6.45, 7) is 1.75. The number of amides is 3. The average molecular weight is 595 g/mol. The van der Waals surface area contributed by atoms with E-state index in [1.54, 1.807) is 43.3 Å². The molecule has 0 bridgehead atoms. The van der Waals surface area contributed by atoms with Gasteiger partial charge in [-0.05, 0) is 44.0 Å². The number of thioether (sulfide) groups is 1. The molecule has 2 atom stereocenters. The van der Waals surface area contributed by atoms with E-state index < -0.39 is 36.5 Å². The number of fused-ring (bicyclic) bond motifs is 2. The van der Waals surface area contributed by atoms with Gasteiger partial charge in [0.2, 0.25) is 5.91 Å². The van der Waals surface area contributed by atoms with Crippen LogP contribution in [0.15, 0.2) is 53.4 Å². The molecule has 42 heavy (non-hydrogen) atoms. The Morgan fingerprint density at radius 2 is 1.55 bits per heavy atom. The lowest BCUT2D eigenvalue weighted by atomic mass is 10.0. The van der Waals surface area contributed by atoms with Crippen molar-refractivity contribution in [3.05, 3.63) is 59.7 Å². The van der Waals surface area contributed by atoms with Crippen molar-refractivity contribution in [2.75, 3.05) is 30.3 Å². The van der Waals surface area contributed by atoms with Crippen molar-refractivity contribution in [1.29, 1.82) is 0 Å². The van der Waals surface area contributed by atoms with Crippen molar-refractivity contribution in [2.45, 2.75) is 68.8 Å². The molecule has 1 N–H and O–H groups in total. The third-order valence-corrected chi connectivity index (χ3v) is 8.55. The molecule has 10 nitrogen and oxygen atoms in total. The van der Waals surface area contributed by atoms with Gasteiger partial charge in [-0.15, -0.1) is 11.8 Å². The number of nitrogens with one attached hydrogen (secondary N) is 1. The Kier molecular flexibility index (Phi) is 11.1. The average Bonchev–Trinajstić information content (AvgIpc) is 3.14. The van der Waals surface area contributed by atoms with Crippen molar-refractivity contribution < 1.29 is 33.8 Å². The summed E-state index contributed by atoms with van der Waals surface area (Å²) >= 11 is 1.43. The summed E-state index contributed by atoms with van der Waals surface area (Å²) in [5.74, 6) is -2.36. The first-order valence-corrected chi connectivity index (χ1v) is 15.4. The number of esters is 1. The number of hydrogen-bond acceptors (Lipinski definition) is 9. The largest absolute Gasteiger partial charge is 0.548 e. The zero-order valence-corrected chi connectivity index (χ0v) is 24.5. The van der Waals surface area contributed by atoms with Gasteiger partial charge < -0.3 is 19.5 Å². The number of imide groups is 1. The highest BCUT2D eigenvalue weighted by atomic mass is 32.2. The Hall–Kier alpha value is -3.70. The molecule has 4 rings (SSSR count). The molecule has 0 fully saturated rings. The highest BCUT2D eigenvalue weighted by Crippen LogP contribution is 2.34. The Bertz CT molecular complexity index is 1280. The maximum Gasteiger partial charge on any atom is 0.323 e. The predicted molar refractivity (Wildman–Crippen MR) is 156 cm³/mol. The fourth-order valence-corrected chi connectivity index (χ4v) is 6.37. The normalized spacial score (nSPS) is 17.1. The monoisotopic (exact) mass is 594 g/mol. The zero-order chi connectivity index (χ0) is 30.1. The Balaban J connectivity index is 1.24. The second-order valence-electron chi connectivity index (χ2n) is 10.3. The van der Waals surface area contributed by atoms with E-state index in [1.807, 2.05) is 12.1 Å². The van der Waals surface area contributed by atoms with Gasteiger partial charge in [-0.25, -0.2) is 0 Å². The minimum Gasteiger partial charge on any atom is -0.548 e. The van der Waals surface area contributed by atoms with Gasteiger partial charge in [0.25, 0.3) is 11.8 Å². The van der Waals surface area contributed by atoms with Crippen LogP contribution in [0.2, 0.25) is 0 Å². The van der Waals surface area contributed by atoms with Crippen molar-refractivity contribution in [2.24, 2.45) is 0 Å². The molecule has 0 aromatic heterocycles. The van der Waals surface area contributed by atoms with Crippen LogP contribution in [0.25, 0.3) is 0 Å². The third-order valence-electron chi connectivity index (χ3n) is 7.39. The highest BCUT2D eigenvalue weighted by molar-refractivity contribution is 7.99. The topological polar surface area (TPSA) is 136 Å². The number of anilines is 1. The van der Waals surface area contributed by atoms with Crippen LogP contribution in [0.4, 0.5) is 5.69 Å². The van der Waals surface area contributed by atoms with E-state index >= 15 is 0 Å². The first-order chi connectivity index (χ1) is 20.3. The smallest absolute Gasteiger partial charge is 0.323 e. The number of ether oxygens (including phenoxy) is 1. The molecule has 0 saturated carbocycles. The molecular formula is C31H36N3O7S-. The van der Waals surface area contributed by atoms with Crippen LogP contribution in [0.5, 0.6) is 0 Å². The van der Waals surface area contributed by atoms with Gasteiger partial charge in [0.1, 0.15) is 6.04 Å². The van der Waals surface area contributed by atoms with Gasteiger partial charge in [0.05, 0.1) is 42.0 Å². The molecule has 0 spiro atoms. The van der Waals surface area contributed by atoms with Gasteiger partial charge in [0, 0.05) is 17.2 Å². The lowest BCUT2D eigenvalue weighted by Gasteiger charge is -2.28. The van der Waals surface area contributed by atoms with Gasteiger partial charge >= 0.3 is 5.97 Å². The van der Waals surface area contributed by atoms with Gasteiger partial charge in [-0.2, -0.15) is 0 Å². The van der Waals surface area contributed by atoms with Gasteiger partial charge in [-0.3, -0.25) is 29.4 Å². The predicted octanol–water partition coefficient (Wildman–Crippen LogP) is 2.79. The number of nitrogens with zero attached hydrogens (tertiary/aromatic N) is 2. The zero-order valence-electron chi connectivity index (χ0n) is 23.7. The number of unbranched alkanes of at least 4 members (excludes halogenated alkanes) is 5. The molecule has 2 heterocycles. The van der Waals surface area contributed by atoms with Crippen molar-refractivity contribution in [1.82, 2.24) is 10.2 Å². The van der Waals surface area contributed by atoms with E-state index in [0.717, 1.165) is 43.4 Å². The lowest BCUT2D eigenvalue weighted by Crippen LogP contribution is -2.55. The van der Waals surface area contributed by atoms with E-state index in [0.29, 0.717) is 35.5 Å². The van der Waals surface area contributed by atoms with Crippen molar-refractivity contribution >= 4 is 47.1 Å². The fourth-order valence-electron chi connectivity index (χ4n) is 5.29. The Morgan fingerprint density at radius 1 is 0.929 bits per heavy atom. The van der Waals surface area contributed by atoms with E-state index in [2.05, 4.69) is 5.32 Å². The summed E-state index contributed by atoms with van der Waals surface area (Å²) in [7, 11) is 0. The third kappa shape index (κ3) is 7.57. The Labute approximate surface area is 249 Å². The second-order valence-corrected chi connectivity index (χ2v) is 11.4. The van der Waals surface area contributed by atoms with Crippen LogP contribution < -0.4 is 15.3 Å². The lowest BCUT2D eigenvalue weighted by molar-refractivity contribution is -0.303. The molecule has 3 amide bonds. The first-order valence-electron chi connectivity index (χ1n) is 14.4. The number of carboxylic acids is 1. The molecule has 0 saturated heterocycles. The molecular weight excluding hydrogens is 558 g/mol. The summed E-state index contributed by atoms with van der Waals surface area (Å²) in [5, 5.41) is 14.6. The SMILES string of the molecule is CCOC(=O)[C@H](CCCCCCCCN1C(=O)c2ccccc2C1=O)N[C@H]1CSc2ccccc2N(CC(=O)[O-])C1=O. The summed E-state index contributed by atoms with van der Waals surface area (Å²) in [6, 6.07) is 12.5. The minimum absolute atomic E-state index is 0.208. The maximum atomic E-state index is 13.4. The number of para-hydroxylation sites is 1. The molecule has 224 valence electrons. The molecule has 11 heteroatoms. The maximum absolute atomic E-state index is 13.4. The van der Waals surface area contributed by atoms with E-state index in [-0.39, 0.29) is 18.4 Å². The molecule has 0 radical (unpaired) electrons. The second kappa shape index (κ2) is 15.0. The first kappa shape index (κ1) is 31.2. The highest BCUT2D eigenvalue weighted by Gasteiger charge is 2.35. The van der Waals surface area contributed by atoms with Crippen molar-refractivity contribution in [3.63, 3.8) is 0 Å². The number of carbonyl (C=O) groups is 5. The van der Waals surface area contributed by atoms with Crippen molar-refractivity contribution in [3.8, 4) is 0 Å². The van der Waals surface area contributed by atoms with Crippen LogP contribution in [0, 0.1) is 0 Å². The van der Waals surface area contributed by atoms with Crippen LogP contribution in [0.3, 0.4) is 0 Å². The fraction of sp³-hybridized carbons (Fsp3) is 0.452. The summed E-state index contributed by atoms with van der Waals surface area (Å²) in [5.41, 5.74) is 1.44. The molecule has 2 aromatic carbocycles. The van der Waals surface area contributed by atoms with Gasteiger partial charge in [0.15, 0.2) is 0 Å². The number of aliphatic carboxylic acids is 1. The number of carbonyl (C=O) groups excluding carboxylic acids is 5. The standard InChI is InChI=1S/C31H37N3O7S/c1-2-41-31(40)23(32-24-20-42-26-17-11-10-16-25(26)34(30(24)39)19-27(35)36)15-7-5-3-4-6-12-18-33-28(37)21-13-8-9-14-22(21)29(33)38/h8-11,13-14,16-17,23-24,32H,2-7,12,15,18-20H2,1H3,(H,35,36)/p-1/t23-,24-/m0/s1. The van der Waals surface area contributed by atoms with Crippen LogP contribution >= 0.6 is 11.8 Å². The molecule has 2 aliphatic heterocycles. The van der Waals surface area contributed by atoms with E-state index in [1.165, 1.54) is 21.6 Å². The van der Waals surface area contributed by atoms with Crippen LogP contribution in [-0.2, 0) is 19.1 Å². The molecule has 2 aromatic rings. The van der Waals surface area contributed by atoms with Gasteiger partial charge in [-0.1, -0.05) is 56.4 Å². The van der Waals surface area contributed by atoms with Crippen LogP contribution in [0.1, 0.15) is 72.6 Å². The molecule has 2 aliphatic rings. The molecule has 0 aliphatic carbocycles. The summed E-state index contributed by atoms with van der Waals surface area (Å²) in [4.78, 5) is 65.9. The molecule has 0 unspecified atom stereocenters. The van der Waals surface area contributed by atoms with Crippen LogP contribution in [-0.4, -0.2) is 72.1 Å². The van der Waals surface area contributed by atoms with E-state index in [9.17, 15) is 29.1 Å². The Morgan fingerprint density at radius 3 is 2.21 bits per heavy atom. The number of carboxylic acid groups (broad SMARTS) is 1. The summed E-state index contributed by atoms with van der Waals surface area (Å²) in [6.07, 6.45) is 5.50. The number of hydrogen-bond donors (Lipinski definition) is 1.